The second-order valence-corrected chi connectivity index (χ2v) is 3.90. The Morgan fingerprint density at radius 1 is 1.47 bits per heavy atom. The number of ether oxygens (including phenoxy) is 1. The number of nitrogen functional groups attached to an aromatic ring is 1. The Morgan fingerprint density at radius 2 is 2.37 bits per heavy atom. The Bertz CT molecular complexity index is 525. The number of hydrogen-bond donors (Lipinski definition) is 2. The van der Waals surface area contributed by atoms with Crippen LogP contribution in [-0.4, -0.2) is 17.5 Å². The van der Waals surface area contributed by atoms with Crippen molar-refractivity contribution in [3.05, 3.63) is 53.7 Å². The summed E-state index contributed by atoms with van der Waals surface area (Å²) in [6, 6.07) is 7.35. The predicted molar refractivity (Wildman–Crippen MR) is 68.0 cm³/mol. The number of carbonyl (C=O) groups is 1. The fourth-order valence-electron chi connectivity index (χ4n) is 1.55. The molecule has 100 valence electrons. The number of carbonyl (C=O) groups excluding carboxylic acids is 1. The van der Waals surface area contributed by atoms with Crippen LogP contribution in [0, 0.1) is 0 Å². The highest BCUT2D eigenvalue weighted by Gasteiger charge is 2.08. The van der Waals surface area contributed by atoms with Crippen molar-refractivity contribution in [3.63, 3.8) is 0 Å². The molecule has 0 aliphatic heterocycles. The third kappa shape index (κ3) is 3.90. The molecule has 0 atom stereocenters. The summed E-state index contributed by atoms with van der Waals surface area (Å²) >= 11 is 0. The van der Waals surface area contributed by atoms with Gasteiger partial charge in [0.05, 0.1) is 12.2 Å². The van der Waals surface area contributed by atoms with Gasteiger partial charge in [-0.2, -0.15) is 0 Å². The van der Waals surface area contributed by atoms with Crippen molar-refractivity contribution in [2.24, 2.45) is 5.84 Å². The summed E-state index contributed by atoms with van der Waals surface area (Å²) in [6.07, 6.45) is 3.83. The zero-order valence-corrected chi connectivity index (χ0v) is 10.3. The van der Waals surface area contributed by atoms with Crippen molar-refractivity contribution in [1.29, 1.82) is 0 Å². The molecule has 0 radical (unpaired) electrons. The van der Waals surface area contributed by atoms with E-state index < -0.39 is 0 Å². The van der Waals surface area contributed by atoms with Gasteiger partial charge in [-0.05, 0) is 18.2 Å². The third-order valence-electron chi connectivity index (χ3n) is 2.52. The highest BCUT2D eigenvalue weighted by atomic mass is 16.5. The maximum atomic E-state index is 11.2. The van der Waals surface area contributed by atoms with Gasteiger partial charge in [0.25, 0.3) is 5.91 Å². The predicted octanol–water partition coefficient (Wildman–Crippen LogP) is 1.04. The standard InChI is InChI=1S/C13H15N3O3/c14-16-13(17)10-7-12(19-8-10)9-18-6-4-11-3-1-2-5-15-11/h1-3,5,7-8H,4,6,9,14H2,(H,16,17). The minimum Gasteiger partial charge on any atom is -0.466 e. The number of pyridine rings is 1. The summed E-state index contributed by atoms with van der Waals surface area (Å²) in [4.78, 5) is 15.4. The van der Waals surface area contributed by atoms with Crippen molar-refractivity contribution in [2.75, 3.05) is 6.61 Å². The molecule has 0 fully saturated rings. The molecule has 0 bridgehead atoms. The third-order valence-corrected chi connectivity index (χ3v) is 2.52. The van der Waals surface area contributed by atoms with Gasteiger partial charge in [-0.15, -0.1) is 0 Å². The number of hydrazine groups is 1. The topological polar surface area (TPSA) is 90.4 Å². The Hall–Kier alpha value is -2.18. The SMILES string of the molecule is NNC(=O)c1coc(COCCc2ccccn2)c1. The smallest absolute Gasteiger partial charge is 0.268 e. The molecule has 3 N–H and O–H groups in total. The number of amides is 1. The molecule has 2 rings (SSSR count). The first-order valence-electron chi connectivity index (χ1n) is 5.85. The molecular weight excluding hydrogens is 246 g/mol. The summed E-state index contributed by atoms with van der Waals surface area (Å²) in [5, 5.41) is 0. The largest absolute Gasteiger partial charge is 0.466 e. The Morgan fingerprint density at radius 3 is 3.11 bits per heavy atom. The molecule has 0 saturated heterocycles. The molecule has 1 amide bonds. The van der Waals surface area contributed by atoms with E-state index in [2.05, 4.69) is 4.98 Å². The number of nitrogens with two attached hydrogens (primary N) is 1. The van der Waals surface area contributed by atoms with E-state index in [0.717, 1.165) is 12.1 Å². The summed E-state index contributed by atoms with van der Waals surface area (Å²) in [6.45, 7) is 0.848. The number of furan rings is 1. The van der Waals surface area contributed by atoms with Gasteiger partial charge in [-0.1, -0.05) is 6.07 Å². The van der Waals surface area contributed by atoms with E-state index in [1.54, 1.807) is 12.3 Å². The molecule has 0 saturated carbocycles. The zero-order chi connectivity index (χ0) is 13.5. The van der Waals surface area contributed by atoms with Gasteiger partial charge in [0, 0.05) is 18.3 Å². The van der Waals surface area contributed by atoms with Crippen molar-refractivity contribution < 1.29 is 13.9 Å². The lowest BCUT2D eigenvalue weighted by Crippen LogP contribution is -2.29. The number of nitrogens with one attached hydrogen (secondary N) is 1. The molecule has 6 heteroatoms. The number of hydrogen-bond acceptors (Lipinski definition) is 5. The van der Waals surface area contributed by atoms with Crippen LogP contribution in [0.3, 0.4) is 0 Å². The van der Waals surface area contributed by atoms with Crippen LogP contribution < -0.4 is 11.3 Å². The van der Waals surface area contributed by atoms with Gasteiger partial charge >= 0.3 is 0 Å². The van der Waals surface area contributed by atoms with Crippen LogP contribution in [0.2, 0.25) is 0 Å². The van der Waals surface area contributed by atoms with E-state index in [0.29, 0.717) is 24.5 Å². The molecule has 2 heterocycles. The number of rotatable bonds is 6. The van der Waals surface area contributed by atoms with Gasteiger partial charge in [0.1, 0.15) is 18.6 Å². The summed E-state index contributed by atoms with van der Waals surface area (Å²) in [7, 11) is 0. The van der Waals surface area contributed by atoms with E-state index in [4.69, 9.17) is 15.0 Å². The van der Waals surface area contributed by atoms with Crippen LogP contribution in [0.1, 0.15) is 21.8 Å². The molecule has 2 aromatic heterocycles. The van der Waals surface area contributed by atoms with Crippen molar-refractivity contribution in [1.82, 2.24) is 10.4 Å². The molecule has 2 aromatic rings. The van der Waals surface area contributed by atoms with Crippen LogP contribution in [0.25, 0.3) is 0 Å². The van der Waals surface area contributed by atoms with Gasteiger partial charge in [0.15, 0.2) is 0 Å². The average Bonchev–Trinajstić information content (AvgIpc) is 2.93. The lowest BCUT2D eigenvalue weighted by atomic mass is 10.3. The van der Waals surface area contributed by atoms with Gasteiger partial charge in [0.2, 0.25) is 0 Å². The molecule has 6 nitrogen and oxygen atoms in total. The van der Waals surface area contributed by atoms with Crippen molar-refractivity contribution in [2.45, 2.75) is 13.0 Å². The average molecular weight is 261 g/mol. The maximum Gasteiger partial charge on any atom is 0.268 e. The van der Waals surface area contributed by atoms with Crippen molar-refractivity contribution >= 4 is 5.91 Å². The first kappa shape index (κ1) is 13.3. The van der Waals surface area contributed by atoms with Crippen LogP contribution in [0.15, 0.2) is 41.1 Å². The monoisotopic (exact) mass is 261 g/mol. The van der Waals surface area contributed by atoms with Gasteiger partial charge in [-0.3, -0.25) is 15.2 Å². The minimum atomic E-state index is -0.386. The second-order valence-electron chi connectivity index (χ2n) is 3.90. The van der Waals surface area contributed by atoms with E-state index in [1.807, 2.05) is 23.6 Å². The molecular formula is C13H15N3O3. The highest BCUT2D eigenvalue weighted by Crippen LogP contribution is 2.09. The fourth-order valence-corrected chi connectivity index (χ4v) is 1.55. The molecule has 0 aliphatic rings. The van der Waals surface area contributed by atoms with Gasteiger partial charge < -0.3 is 9.15 Å². The lowest BCUT2D eigenvalue weighted by Gasteiger charge is -2.01. The second kappa shape index (κ2) is 6.67. The minimum absolute atomic E-state index is 0.310. The first-order chi connectivity index (χ1) is 9.29. The van der Waals surface area contributed by atoms with Gasteiger partial charge in [-0.25, -0.2) is 5.84 Å². The van der Waals surface area contributed by atoms with Crippen LogP contribution in [0.5, 0.6) is 0 Å². The maximum absolute atomic E-state index is 11.2. The van der Waals surface area contributed by atoms with E-state index in [9.17, 15) is 4.79 Å². The molecule has 19 heavy (non-hydrogen) atoms. The van der Waals surface area contributed by atoms with E-state index in [1.165, 1.54) is 6.26 Å². The van der Waals surface area contributed by atoms with E-state index in [-0.39, 0.29) is 5.91 Å². The quantitative estimate of drug-likeness (QED) is 0.351. The van der Waals surface area contributed by atoms with Crippen molar-refractivity contribution in [3.8, 4) is 0 Å². The molecule has 0 aromatic carbocycles. The van der Waals surface area contributed by atoms with E-state index >= 15 is 0 Å². The lowest BCUT2D eigenvalue weighted by molar-refractivity contribution is 0.0953. The number of nitrogens with zero attached hydrogens (tertiary/aromatic N) is 1. The summed E-state index contributed by atoms with van der Waals surface area (Å²) in [5.41, 5.74) is 3.39. The summed E-state index contributed by atoms with van der Waals surface area (Å²) < 4.78 is 10.6. The zero-order valence-electron chi connectivity index (χ0n) is 10.3. The highest BCUT2D eigenvalue weighted by molar-refractivity contribution is 5.93. The van der Waals surface area contributed by atoms with Crippen LogP contribution in [-0.2, 0) is 17.8 Å². The normalized spacial score (nSPS) is 10.4. The Labute approximate surface area is 110 Å². The van der Waals surface area contributed by atoms with Crippen LogP contribution >= 0.6 is 0 Å². The number of aromatic nitrogens is 1. The first-order valence-corrected chi connectivity index (χ1v) is 5.85. The fraction of sp³-hybridized carbons (Fsp3) is 0.231. The summed E-state index contributed by atoms with van der Waals surface area (Å²) in [5.74, 6) is 5.22. The van der Waals surface area contributed by atoms with Crippen LogP contribution in [0.4, 0.5) is 0 Å². The Balaban J connectivity index is 1.74. The Kier molecular flexibility index (Phi) is 4.66. The molecule has 0 aliphatic carbocycles. The molecule has 0 unspecified atom stereocenters. The molecule has 0 spiro atoms.